The average Bonchev–Trinajstić information content (AvgIpc) is 4.47. The van der Waals surface area contributed by atoms with E-state index in [4.69, 9.17) is 53.8 Å². The second-order valence-corrected chi connectivity index (χ2v) is 22.4. The van der Waals surface area contributed by atoms with E-state index in [1.165, 1.54) is 0 Å². The lowest BCUT2D eigenvalue weighted by atomic mass is 9.98. The number of Topliss-reactive ketones (excluding diaryl/α,β-unsaturated/α-hetero) is 2. The van der Waals surface area contributed by atoms with Crippen LogP contribution in [0.3, 0.4) is 0 Å². The van der Waals surface area contributed by atoms with Gasteiger partial charge in [0, 0.05) is 76.4 Å². The Morgan fingerprint density at radius 2 is 0.805 bits per heavy atom. The molecule has 0 aromatic rings. The quantitative estimate of drug-likeness (QED) is 0.0179. The number of aliphatic hydroxyl groups is 2. The van der Waals surface area contributed by atoms with Crippen molar-refractivity contribution in [2.45, 2.75) is 193 Å². The van der Waals surface area contributed by atoms with Gasteiger partial charge in [0.15, 0.2) is 9.84 Å². The van der Waals surface area contributed by atoms with Gasteiger partial charge in [-0.1, -0.05) is 18.7 Å². The molecule has 1 fully saturated rings. The van der Waals surface area contributed by atoms with Crippen LogP contribution in [0.4, 0.5) is 0 Å². The van der Waals surface area contributed by atoms with Crippen molar-refractivity contribution in [2.75, 3.05) is 85.0 Å². The monoisotopic (exact) mass is 1260 g/mol. The SMILES string of the molecule is C=CCC(CCCOC(=O)C(CCCOC(=O)CCCCC(=O)CCO)CC1CO1)C(=O)OCCCCC(=O)OCC.C=CCC(CCCOC(=O)CCCCC(=O)CCO)C(=O)OCCCCC(=O)OCC.C=CS(=O)(=O)CCOC(=O)CCCN. The Morgan fingerprint density at radius 1 is 0.471 bits per heavy atom. The second-order valence-electron chi connectivity index (χ2n) is 20.3. The van der Waals surface area contributed by atoms with Crippen LogP contribution in [0, 0.1) is 17.8 Å². The van der Waals surface area contributed by atoms with Gasteiger partial charge in [0.1, 0.15) is 18.2 Å². The van der Waals surface area contributed by atoms with E-state index in [0.717, 1.165) is 5.41 Å². The maximum absolute atomic E-state index is 12.7. The first-order valence-corrected chi connectivity index (χ1v) is 32.4. The molecule has 0 aromatic carbocycles. The summed E-state index contributed by atoms with van der Waals surface area (Å²) in [6, 6.07) is 0. The van der Waals surface area contributed by atoms with Crippen LogP contribution in [-0.2, 0) is 100 Å². The number of hydrogen-bond acceptors (Lipinski definition) is 24. The molecular formula is C62H103NO23S. The fraction of sp³-hybridized carbons (Fsp3) is 0.742. The Morgan fingerprint density at radius 3 is 1.17 bits per heavy atom. The van der Waals surface area contributed by atoms with Crippen molar-refractivity contribution < 1.29 is 109 Å². The Balaban J connectivity index is 0. The lowest BCUT2D eigenvalue weighted by molar-refractivity contribution is -0.151. The standard InChI is InChI=1S/C31H50O11.C23H38O8.C8H15NO4S/c1-3-11-24(30(36)40-19-8-7-16-28(34)38-4-2)12-9-21-41-31(37)25(22-27-23-42-27)13-10-20-39-29(35)15-6-5-14-26(33)17-18-32;1-3-10-19(23(28)31-17-8-7-14-21(26)29-4-2)11-9-18-30-22(27)13-6-5-12-20(25)15-16-24;1-2-14(11,12)7-6-13-8(10)4-3-5-9/h3,24-25,27,32H,1,4-23H2,2H3;3,19,24H,1,4-18H2,2H3;2H,1,3-7,9H2. The number of sulfone groups is 1. The lowest BCUT2D eigenvalue weighted by Gasteiger charge is -2.17. The summed E-state index contributed by atoms with van der Waals surface area (Å²) < 4.78 is 68.0. The Hall–Kier alpha value is -5.89. The number of unbranched alkanes of at least 4 members (excludes halogenated alkanes) is 4. The molecule has 0 spiro atoms. The van der Waals surface area contributed by atoms with Gasteiger partial charge in [-0.25, -0.2) is 8.42 Å². The summed E-state index contributed by atoms with van der Waals surface area (Å²) in [5.41, 5.74) is 5.18. The zero-order valence-corrected chi connectivity index (χ0v) is 52.7. The van der Waals surface area contributed by atoms with E-state index in [2.05, 4.69) is 24.5 Å². The minimum absolute atomic E-state index is 0.00462. The number of ketones is 2. The van der Waals surface area contributed by atoms with Gasteiger partial charge in [0.2, 0.25) is 0 Å². The van der Waals surface area contributed by atoms with E-state index in [0.29, 0.717) is 168 Å². The Labute approximate surface area is 515 Å². The molecule has 0 aliphatic carbocycles. The van der Waals surface area contributed by atoms with Crippen molar-refractivity contribution in [2.24, 2.45) is 23.5 Å². The molecule has 4 unspecified atom stereocenters. The van der Waals surface area contributed by atoms with Gasteiger partial charge in [0.05, 0.1) is 82.5 Å². The van der Waals surface area contributed by atoms with E-state index in [-0.39, 0.29) is 168 Å². The molecule has 1 rings (SSSR count). The number of allylic oxidation sites excluding steroid dienone is 2. The number of aliphatic hydroxyl groups excluding tert-OH is 2. The van der Waals surface area contributed by atoms with Crippen LogP contribution >= 0.6 is 0 Å². The zero-order chi connectivity index (χ0) is 65.4. The van der Waals surface area contributed by atoms with Gasteiger partial charge >= 0.3 is 47.8 Å². The molecule has 0 amide bonds. The third-order valence-electron chi connectivity index (χ3n) is 12.8. The molecular weight excluding hydrogens is 1160 g/mol. The molecule has 87 heavy (non-hydrogen) atoms. The molecule has 4 N–H and O–H groups in total. The number of nitrogens with two attached hydrogens (primary N) is 1. The molecule has 1 saturated heterocycles. The summed E-state index contributed by atoms with van der Waals surface area (Å²) in [5, 5.41) is 18.2. The highest BCUT2D eigenvalue weighted by Gasteiger charge is 2.31. The highest BCUT2D eigenvalue weighted by atomic mass is 32.2. The van der Waals surface area contributed by atoms with Crippen LogP contribution in [-0.4, -0.2) is 169 Å². The molecule has 0 saturated carbocycles. The number of esters is 8. The van der Waals surface area contributed by atoms with Crippen LogP contribution in [0.25, 0.3) is 0 Å². The maximum Gasteiger partial charge on any atom is 0.309 e. The van der Waals surface area contributed by atoms with Crippen molar-refractivity contribution in [3.63, 3.8) is 0 Å². The molecule has 24 nitrogen and oxygen atoms in total. The molecule has 0 aromatic heterocycles. The molecule has 0 bridgehead atoms. The van der Waals surface area contributed by atoms with Gasteiger partial charge in [-0.15, -0.1) is 13.2 Å². The van der Waals surface area contributed by atoms with Crippen LogP contribution in [0.1, 0.15) is 187 Å². The molecule has 1 aliphatic heterocycles. The lowest BCUT2D eigenvalue weighted by Crippen LogP contribution is -2.22. The first-order chi connectivity index (χ1) is 41.8. The smallest absolute Gasteiger partial charge is 0.309 e. The average molecular weight is 1260 g/mol. The van der Waals surface area contributed by atoms with Crippen molar-refractivity contribution in [3.05, 3.63) is 37.3 Å². The number of rotatable bonds is 54. The fourth-order valence-corrected chi connectivity index (χ4v) is 8.34. The van der Waals surface area contributed by atoms with Gasteiger partial charge in [0.25, 0.3) is 0 Å². The summed E-state index contributed by atoms with van der Waals surface area (Å²) in [7, 11) is -3.27. The summed E-state index contributed by atoms with van der Waals surface area (Å²) in [6.45, 7) is 16.4. The summed E-state index contributed by atoms with van der Waals surface area (Å²) >= 11 is 0. The van der Waals surface area contributed by atoms with E-state index in [1.807, 2.05) is 0 Å². The normalized spacial score (nSPS) is 13.2. The van der Waals surface area contributed by atoms with E-state index >= 15 is 0 Å². The highest BCUT2D eigenvalue weighted by Crippen LogP contribution is 2.25. The first kappa shape index (κ1) is 83.2. The molecule has 4 atom stereocenters. The second kappa shape index (κ2) is 56.6. The molecule has 25 heteroatoms. The summed E-state index contributed by atoms with van der Waals surface area (Å²) in [6.07, 6.45) is 15.4. The van der Waals surface area contributed by atoms with E-state index < -0.39 is 15.8 Å². The predicted octanol–water partition coefficient (Wildman–Crippen LogP) is 7.14. The maximum atomic E-state index is 12.7. The molecule has 500 valence electrons. The Bertz CT molecular complexity index is 2090. The molecule has 0 radical (unpaired) electrons. The number of ether oxygens (including phenoxy) is 9. The summed E-state index contributed by atoms with van der Waals surface area (Å²) in [4.78, 5) is 117. The van der Waals surface area contributed by atoms with Crippen molar-refractivity contribution in [1.29, 1.82) is 0 Å². The van der Waals surface area contributed by atoms with Crippen LogP contribution in [0.2, 0.25) is 0 Å². The predicted molar refractivity (Wildman–Crippen MR) is 322 cm³/mol. The van der Waals surface area contributed by atoms with Crippen molar-refractivity contribution in [3.8, 4) is 0 Å². The number of carbonyl (C=O) groups excluding carboxylic acids is 10. The minimum Gasteiger partial charge on any atom is -0.466 e. The van der Waals surface area contributed by atoms with Gasteiger partial charge in [-0.2, -0.15) is 0 Å². The van der Waals surface area contributed by atoms with E-state index in [1.54, 1.807) is 26.0 Å². The van der Waals surface area contributed by atoms with Gasteiger partial charge in [-0.3, -0.25) is 47.9 Å². The summed E-state index contributed by atoms with van der Waals surface area (Å²) in [5.74, 6) is -3.86. The minimum atomic E-state index is -3.27. The van der Waals surface area contributed by atoms with Crippen molar-refractivity contribution >= 4 is 69.2 Å². The van der Waals surface area contributed by atoms with Crippen LogP contribution < -0.4 is 5.73 Å². The number of epoxide rings is 1. The first-order valence-electron chi connectivity index (χ1n) is 30.7. The largest absolute Gasteiger partial charge is 0.466 e. The number of carbonyl (C=O) groups is 10. The number of hydrogen-bond donors (Lipinski definition) is 3. The third kappa shape index (κ3) is 52.9. The zero-order valence-electron chi connectivity index (χ0n) is 51.9. The van der Waals surface area contributed by atoms with Gasteiger partial charge in [-0.05, 0) is 136 Å². The van der Waals surface area contributed by atoms with Crippen LogP contribution in [0.5, 0.6) is 0 Å². The Kier molecular flexibility index (Phi) is 54.1. The van der Waals surface area contributed by atoms with Crippen molar-refractivity contribution in [1.82, 2.24) is 0 Å². The van der Waals surface area contributed by atoms with Crippen LogP contribution in [0.15, 0.2) is 37.3 Å². The topological polar surface area (TPSA) is 358 Å². The third-order valence-corrected chi connectivity index (χ3v) is 14.0. The van der Waals surface area contributed by atoms with Gasteiger partial charge < -0.3 is 58.6 Å². The van der Waals surface area contributed by atoms with E-state index in [9.17, 15) is 56.4 Å². The molecule has 1 heterocycles. The fourth-order valence-electron chi connectivity index (χ4n) is 7.86. The molecule has 1 aliphatic rings. The highest BCUT2D eigenvalue weighted by molar-refractivity contribution is 7.94.